The van der Waals surface area contributed by atoms with E-state index < -0.39 is 22.7 Å². The highest BCUT2D eigenvalue weighted by atomic mass is 35.5. The highest BCUT2D eigenvalue weighted by Crippen LogP contribution is 2.21. The van der Waals surface area contributed by atoms with Crippen LogP contribution in [0.15, 0.2) is 58.4 Å². The molecule has 1 N–H and O–H groups in total. The van der Waals surface area contributed by atoms with E-state index in [9.17, 15) is 19.2 Å². The molecule has 4 rings (SSSR count). The van der Waals surface area contributed by atoms with Gasteiger partial charge >= 0.3 is 5.97 Å². The van der Waals surface area contributed by atoms with Crippen molar-refractivity contribution in [2.75, 3.05) is 11.9 Å². The van der Waals surface area contributed by atoms with Gasteiger partial charge in [-0.05, 0) is 57.2 Å². The number of hydrogen-bond acceptors (Lipinski definition) is 5. The summed E-state index contributed by atoms with van der Waals surface area (Å²) in [5, 5.41) is 3.71. The van der Waals surface area contributed by atoms with Crippen LogP contribution in [0.2, 0.25) is 5.02 Å². The van der Waals surface area contributed by atoms with Gasteiger partial charge in [0.05, 0.1) is 17.6 Å². The number of fused-ring (bicyclic) bond motifs is 2. The Labute approximate surface area is 205 Å². The van der Waals surface area contributed by atoms with Crippen molar-refractivity contribution in [2.45, 2.75) is 33.9 Å². The lowest BCUT2D eigenvalue weighted by atomic mass is 10.1. The molecule has 0 atom stereocenters. The summed E-state index contributed by atoms with van der Waals surface area (Å²) in [5.41, 5.74) is 0.538. The van der Waals surface area contributed by atoms with Crippen LogP contribution in [0.4, 0.5) is 5.69 Å². The van der Waals surface area contributed by atoms with Crippen molar-refractivity contribution in [3.8, 4) is 0 Å². The van der Waals surface area contributed by atoms with Crippen LogP contribution in [0.1, 0.15) is 41.5 Å². The van der Waals surface area contributed by atoms with E-state index in [1.54, 1.807) is 46.4 Å². The summed E-state index contributed by atoms with van der Waals surface area (Å²) in [7, 11) is 0. The van der Waals surface area contributed by atoms with Gasteiger partial charge in [0.25, 0.3) is 5.91 Å². The lowest BCUT2D eigenvalue weighted by Gasteiger charge is -2.14. The highest BCUT2D eigenvalue weighted by Gasteiger charge is 2.19. The Hall–Kier alpha value is -3.91. The van der Waals surface area contributed by atoms with Crippen molar-refractivity contribution in [1.82, 2.24) is 9.13 Å². The summed E-state index contributed by atoms with van der Waals surface area (Å²) in [6, 6.07) is 9.82. The second-order valence-corrected chi connectivity index (χ2v) is 8.32. The van der Waals surface area contributed by atoms with Crippen molar-refractivity contribution in [2.24, 2.45) is 0 Å². The summed E-state index contributed by atoms with van der Waals surface area (Å²) < 4.78 is 8.58. The Morgan fingerprint density at radius 3 is 2.06 bits per heavy atom. The number of nitrogens with one attached hydrogen (secondary N) is 1. The maximum atomic E-state index is 13.1. The number of esters is 1. The summed E-state index contributed by atoms with van der Waals surface area (Å²) in [4.78, 5) is 51.5. The fourth-order valence-corrected chi connectivity index (χ4v) is 4.25. The number of benzene rings is 2. The molecular formula is C26H24ClN3O5. The molecule has 2 aromatic heterocycles. The predicted molar refractivity (Wildman–Crippen MR) is 137 cm³/mol. The molecule has 4 aromatic rings. The van der Waals surface area contributed by atoms with Crippen molar-refractivity contribution >= 4 is 51.0 Å². The van der Waals surface area contributed by atoms with Gasteiger partial charge in [0.15, 0.2) is 0 Å². The minimum atomic E-state index is -0.703. The highest BCUT2D eigenvalue weighted by molar-refractivity contribution is 6.31. The normalized spacial score (nSPS) is 11.1. The van der Waals surface area contributed by atoms with Crippen molar-refractivity contribution in [1.29, 1.82) is 0 Å². The second kappa shape index (κ2) is 9.76. The number of anilines is 1. The summed E-state index contributed by atoms with van der Waals surface area (Å²) in [5.74, 6) is -1.32. The zero-order chi connectivity index (χ0) is 25.3. The van der Waals surface area contributed by atoms with E-state index >= 15 is 0 Å². The van der Waals surface area contributed by atoms with Crippen LogP contribution in [0.25, 0.3) is 21.8 Å². The molecule has 0 spiro atoms. The van der Waals surface area contributed by atoms with Crippen molar-refractivity contribution in [3.63, 3.8) is 0 Å². The first-order valence-corrected chi connectivity index (χ1v) is 11.6. The lowest BCUT2D eigenvalue weighted by Crippen LogP contribution is -2.24. The van der Waals surface area contributed by atoms with E-state index in [2.05, 4.69) is 5.32 Å². The number of amides is 1. The molecule has 0 bridgehead atoms. The number of halogens is 1. The second-order valence-electron chi connectivity index (χ2n) is 7.88. The van der Waals surface area contributed by atoms with Gasteiger partial charge in [0.2, 0.25) is 10.9 Å². The third-order valence-electron chi connectivity index (χ3n) is 5.80. The molecule has 0 fully saturated rings. The molecule has 0 unspecified atom stereocenters. The van der Waals surface area contributed by atoms with Crippen LogP contribution in [0.5, 0.6) is 0 Å². The third-order valence-corrected chi connectivity index (χ3v) is 6.04. The molecule has 8 nitrogen and oxygen atoms in total. The number of carbonyl (C=O) groups is 2. The molecule has 2 aromatic carbocycles. The zero-order valence-corrected chi connectivity index (χ0v) is 20.3. The molecule has 0 aliphatic rings. The number of rotatable bonds is 6. The predicted octanol–water partition coefficient (Wildman–Crippen LogP) is 4.44. The minimum absolute atomic E-state index is 0.0482. The summed E-state index contributed by atoms with van der Waals surface area (Å²) in [6.07, 6.45) is 2.99. The molecule has 9 heteroatoms. The number of pyridine rings is 2. The van der Waals surface area contributed by atoms with Crippen LogP contribution in [0, 0.1) is 0 Å². The van der Waals surface area contributed by atoms with Crippen LogP contribution in [0.3, 0.4) is 0 Å². The van der Waals surface area contributed by atoms with Crippen molar-refractivity contribution < 1.29 is 14.3 Å². The smallest absolute Gasteiger partial charge is 0.343 e. The van der Waals surface area contributed by atoms with E-state index in [1.165, 1.54) is 18.5 Å². The SMILES string of the molecule is CCOC(=O)c1cn(CC)c2ccc(NC(=O)c3cn(CC)c4ccc(Cl)cc4c3=O)cc2c1=O. The van der Waals surface area contributed by atoms with E-state index in [-0.39, 0.29) is 23.1 Å². The molecule has 0 saturated carbocycles. The Morgan fingerprint density at radius 2 is 1.43 bits per heavy atom. The molecule has 0 saturated heterocycles. The summed E-state index contributed by atoms with van der Waals surface area (Å²) >= 11 is 6.08. The van der Waals surface area contributed by atoms with E-state index in [4.69, 9.17) is 16.3 Å². The van der Waals surface area contributed by atoms with Crippen molar-refractivity contribution in [3.05, 3.63) is 85.4 Å². The van der Waals surface area contributed by atoms with E-state index in [0.717, 1.165) is 0 Å². The lowest BCUT2D eigenvalue weighted by molar-refractivity contribution is 0.0524. The fourth-order valence-electron chi connectivity index (χ4n) is 4.08. The van der Waals surface area contributed by atoms with Gasteiger partial charge in [-0.3, -0.25) is 14.4 Å². The van der Waals surface area contributed by atoms with Crippen LogP contribution in [-0.2, 0) is 17.8 Å². The van der Waals surface area contributed by atoms with Crippen LogP contribution < -0.4 is 16.2 Å². The number of hydrogen-bond donors (Lipinski definition) is 1. The average Bonchev–Trinajstić information content (AvgIpc) is 2.85. The topological polar surface area (TPSA) is 99.4 Å². The Morgan fingerprint density at radius 1 is 0.857 bits per heavy atom. The number of carbonyl (C=O) groups excluding carboxylic acids is 2. The van der Waals surface area contributed by atoms with E-state index in [0.29, 0.717) is 40.2 Å². The quantitative estimate of drug-likeness (QED) is 0.400. The molecule has 0 aliphatic carbocycles. The Balaban J connectivity index is 1.79. The maximum absolute atomic E-state index is 13.1. The fraction of sp³-hybridized carbons (Fsp3) is 0.231. The first kappa shape index (κ1) is 24.2. The maximum Gasteiger partial charge on any atom is 0.343 e. The number of nitrogens with zero attached hydrogens (tertiary/aromatic N) is 2. The molecular weight excluding hydrogens is 470 g/mol. The molecule has 2 heterocycles. The third kappa shape index (κ3) is 4.44. The number of aromatic nitrogens is 2. The number of aryl methyl sites for hydroxylation is 2. The average molecular weight is 494 g/mol. The van der Waals surface area contributed by atoms with Gasteiger partial charge in [-0.15, -0.1) is 0 Å². The monoisotopic (exact) mass is 493 g/mol. The van der Waals surface area contributed by atoms with Gasteiger partial charge in [-0.25, -0.2) is 4.79 Å². The first-order valence-electron chi connectivity index (χ1n) is 11.3. The largest absolute Gasteiger partial charge is 0.462 e. The molecule has 180 valence electrons. The zero-order valence-electron chi connectivity index (χ0n) is 19.6. The minimum Gasteiger partial charge on any atom is -0.462 e. The molecule has 35 heavy (non-hydrogen) atoms. The number of ether oxygens (including phenoxy) is 1. The van der Waals surface area contributed by atoms with Crippen LogP contribution >= 0.6 is 11.6 Å². The Bertz CT molecular complexity index is 1600. The standard InChI is InChI=1S/C26H24ClN3O5/c1-4-29-13-19(23(31)17-11-15(27)7-9-21(17)29)25(33)28-16-8-10-22-18(12-16)24(32)20(14-30(22)5-2)26(34)35-6-3/h7-14H,4-6H2,1-3H3,(H,28,33). The van der Waals surface area contributed by atoms with Gasteiger partial charge in [-0.2, -0.15) is 0 Å². The van der Waals surface area contributed by atoms with Gasteiger partial charge in [-0.1, -0.05) is 11.6 Å². The first-order chi connectivity index (χ1) is 16.8. The van der Waals surface area contributed by atoms with Gasteiger partial charge in [0, 0.05) is 47.0 Å². The molecule has 0 aliphatic heterocycles. The van der Waals surface area contributed by atoms with Gasteiger partial charge < -0.3 is 19.2 Å². The molecule has 0 radical (unpaired) electrons. The summed E-state index contributed by atoms with van der Waals surface area (Å²) in [6.45, 7) is 6.67. The van der Waals surface area contributed by atoms with Gasteiger partial charge in [0.1, 0.15) is 11.1 Å². The molecule has 1 amide bonds. The van der Waals surface area contributed by atoms with E-state index in [1.807, 2.05) is 13.8 Å². The van der Waals surface area contributed by atoms with Crippen LogP contribution in [-0.4, -0.2) is 27.6 Å². The Kier molecular flexibility index (Phi) is 6.75.